The predicted octanol–water partition coefficient (Wildman–Crippen LogP) is 2.58. The second-order valence-electron chi connectivity index (χ2n) is 6.78. The van der Waals surface area contributed by atoms with Crippen LogP contribution >= 0.6 is 0 Å². The van der Waals surface area contributed by atoms with Gasteiger partial charge in [0.2, 0.25) is 6.79 Å². The van der Waals surface area contributed by atoms with E-state index in [1.165, 1.54) is 6.92 Å². The Morgan fingerprint density at radius 3 is 2.63 bits per heavy atom. The number of esters is 2. The minimum Gasteiger partial charge on any atom is -0.462 e. The maximum absolute atomic E-state index is 12.4. The van der Waals surface area contributed by atoms with Crippen molar-refractivity contribution in [2.45, 2.75) is 40.3 Å². The van der Waals surface area contributed by atoms with Gasteiger partial charge < -0.3 is 28.8 Å². The molecule has 2 heterocycles. The van der Waals surface area contributed by atoms with E-state index in [2.05, 4.69) is 5.32 Å². The number of carbonyl (C=O) groups is 3. The zero-order chi connectivity index (χ0) is 21.8. The summed E-state index contributed by atoms with van der Waals surface area (Å²) in [5.74, 6) is -0.377. The lowest BCUT2D eigenvalue weighted by atomic mass is 10.2. The fourth-order valence-electron chi connectivity index (χ4n) is 3.10. The number of anilines is 1. The summed E-state index contributed by atoms with van der Waals surface area (Å²) in [6.45, 7) is 6.99. The van der Waals surface area contributed by atoms with E-state index >= 15 is 0 Å². The third-order valence-electron chi connectivity index (χ3n) is 4.67. The Balaban J connectivity index is 1.59. The molecule has 9 heteroatoms. The van der Waals surface area contributed by atoms with E-state index in [9.17, 15) is 14.4 Å². The number of carbonyl (C=O) groups excluding carboxylic acids is 3. The van der Waals surface area contributed by atoms with E-state index in [1.807, 2.05) is 0 Å². The molecule has 0 radical (unpaired) electrons. The fourth-order valence-corrected chi connectivity index (χ4v) is 3.10. The number of aryl methyl sites for hydroxylation is 1. The number of ether oxygens (including phenoxy) is 4. The minimum atomic E-state index is -1.01. The third-order valence-corrected chi connectivity index (χ3v) is 4.67. The topological polar surface area (TPSA) is 105 Å². The van der Waals surface area contributed by atoms with Gasteiger partial charge in [-0.15, -0.1) is 0 Å². The van der Waals surface area contributed by atoms with Gasteiger partial charge >= 0.3 is 11.9 Å². The van der Waals surface area contributed by atoms with E-state index in [-0.39, 0.29) is 19.9 Å². The minimum absolute atomic E-state index is 0.126. The van der Waals surface area contributed by atoms with Gasteiger partial charge in [0.05, 0.1) is 12.2 Å². The molecule has 0 fully saturated rings. The quantitative estimate of drug-likeness (QED) is 0.692. The van der Waals surface area contributed by atoms with Crippen LogP contribution in [0.3, 0.4) is 0 Å². The summed E-state index contributed by atoms with van der Waals surface area (Å²) in [7, 11) is 0. The van der Waals surface area contributed by atoms with Gasteiger partial charge in [-0.3, -0.25) is 9.59 Å². The van der Waals surface area contributed by atoms with Gasteiger partial charge in [0.15, 0.2) is 17.6 Å². The van der Waals surface area contributed by atoms with Crippen LogP contribution in [0.2, 0.25) is 0 Å². The molecule has 1 aliphatic heterocycles. The Bertz CT molecular complexity index is 980. The monoisotopic (exact) mass is 416 g/mol. The summed E-state index contributed by atoms with van der Waals surface area (Å²) in [4.78, 5) is 36.7. The molecular weight excluding hydrogens is 392 g/mol. The maximum Gasteiger partial charge on any atom is 0.339 e. The number of amides is 1. The van der Waals surface area contributed by atoms with Crippen molar-refractivity contribution >= 4 is 23.5 Å². The normalized spacial score (nSPS) is 12.9. The number of nitrogens with zero attached hydrogens (tertiary/aromatic N) is 1. The molecule has 1 aliphatic rings. The molecule has 0 aliphatic carbocycles. The molecule has 0 bridgehead atoms. The standard InChI is InChI=1S/C21H24N2O7/c1-5-27-21(26)16-8-12(2)23(13(16)3)10-19(24)30-14(4)20(25)22-15-6-7-17-18(9-15)29-11-28-17/h6-9,14H,5,10-11H2,1-4H3,(H,22,25). The lowest BCUT2D eigenvalue weighted by molar-refractivity contribution is -0.153. The van der Waals surface area contributed by atoms with Crippen LogP contribution in [0.4, 0.5) is 5.69 Å². The summed E-state index contributed by atoms with van der Waals surface area (Å²) < 4.78 is 22.4. The molecule has 0 spiro atoms. The Morgan fingerprint density at radius 2 is 1.90 bits per heavy atom. The predicted molar refractivity (Wildman–Crippen MR) is 107 cm³/mol. The second kappa shape index (κ2) is 8.89. The van der Waals surface area contributed by atoms with Crippen LogP contribution in [0.15, 0.2) is 24.3 Å². The zero-order valence-corrected chi connectivity index (χ0v) is 17.3. The Hall–Kier alpha value is -3.49. The molecule has 0 saturated heterocycles. The van der Waals surface area contributed by atoms with Crippen molar-refractivity contribution in [2.75, 3.05) is 18.7 Å². The molecule has 1 amide bonds. The van der Waals surface area contributed by atoms with Crippen molar-refractivity contribution < 1.29 is 33.3 Å². The van der Waals surface area contributed by atoms with Crippen LogP contribution < -0.4 is 14.8 Å². The largest absolute Gasteiger partial charge is 0.462 e. The first kappa shape index (κ1) is 21.2. The first-order chi connectivity index (χ1) is 14.3. The van der Waals surface area contributed by atoms with Crippen LogP contribution in [0, 0.1) is 13.8 Å². The average Bonchev–Trinajstić information content (AvgIpc) is 3.27. The van der Waals surface area contributed by atoms with Gasteiger partial charge in [-0.05, 0) is 45.9 Å². The van der Waals surface area contributed by atoms with Gasteiger partial charge in [0.1, 0.15) is 6.54 Å². The van der Waals surface area contributed by atoms with E-state index < -0.39 is 23.9 Å². The Labute approximate surface area is 173 Å². The molecule has 1 aromatic heterocycles. The fraction of sp³-hybridized carbons (Fsp3) is 0.381. The molecule has 3 rings (SSSR count). The maximum atomic E-state index is 12.4. The van der Waals surface area contributed by atoms with Crippen molar-refractivity contribution in [3.63, 3.8) is 0 Å². The Morgan fingerprint density at radius 1 is 1.17 bits per heavy atom. The smallest absolute Gasteiger partial charge is 0.339 e. The van der Waals surface area contributed by atoms with E-state index in [0.29, 0.717) is 34.1 Å². The SMILES string of the molecule is CCOC(=O)c1cc(C)n(CC(=O)OC(C)C(=O)Nc2ccc3c(c2)OCO3)c1C. The molecule has 160 valence electrons. The van der Waals surface area contributed by atoms with Crippen LogP contribution in [0.5, 0.6) is 11.5 Å². The molecule has 9 nitrogen and oxygen atoms in total. The third kappa shape index (κ3) is 4.56. The summed E-state index contributed by atoms with van der Waals surface area (Å²) in [6.07, 6.45) is -1.01. The average molecular weight is 416 g/mol. The highest BCUT2D eigenvalue weighted by molar-refractivity contribution is 5.95. The van der Waals surface area contributed by atoms with Crippen LogP contribution in [-0.2, 0) is 25.6 Å². The number of fused-ring (bicyclic) bond motifs is 1. The van der Waals surface area contributed by atoms with Crippen LogP contribution in [0.1, 0.15) is 35.6 Å². The first-order valence-electron chi connectivity index (χ1n) is 9.54. The van der Waals surface area contributed by atoms with Gasteiger partial charge in [0.25, 0.3) is 5.91 Å². The van der Waals surface area contributed by atoms with Crippen molar-refractivity contribution in [3.05, 3.63) is 41.2 Å². The highest BCUT2D eigenvalue weighted by Gasteiger charge is 2.22. The van der Waals surface area contributed by atoms with Crippen LogP contribution in [0.25, 0.3) is 0 Å². The number of nitrogens with one attached hydrogen (secondary N) is 1. The van der Waals surface area contributed by atoms with Crippen molar-refractivity contribution in [1.82, 2.24) is 4.57 Å². The molecule has 30 heavy (non-hydrogen) atoms. The van der Waals surface area contributed by atoms with E-state index in [0.717, 1.165) is 0 Å². The van der Waals surface area contributed by atoms with Gasteiger partial charge in [-0.25, -0.2) is 4.79 Å². The van der Waals surface area contributed by atoms with Gasteiger partial charge in [-0.2, -0.15) is 0 Å². The Kier molecular flexibility index (Phi) is 6.29. The van der Waals surface area contributed by atoms with E-state index in [1.54, 1.807) is 49.6 Å². The lowest BCUT2D eigenvalue weighted by Gasteiger charge is -2.15. The molecule has 1 aromatic carbocycles. The highest BCUT2D eigenvalue weighted by Crippen LogP contribution is 2.34. The van der Waals surface area contributed by atoms with Gasteiger partial charge in [0, 0.05) is 23.1 Å². The van der Waals surface area contributed by atoms with Crippen molar-refractivity contribution in [3.8, 4) is 11.5 Å². The molecular formula is C21H24N2O7. The number of rotatable bonds is 7. The number of aromatic nitrogens is 1. The number of hydrogen-bond donors (Lipinski definition) is 1. The van der Waals surface area contributed by atoms with Crippen molar-refractivity contribution in [2.24, 2.45) is 0 Å². The van der Waals surface area contributed by atoms with E-state index in [4.69, 9.17) is 18.9 Å². The zero-order valence-electron chi connectivity index (χ0n) is 17.3. The van der Waals surface area contributed by atoms with Crippen LogP contribution in [-0.4, -0.2) is 41.9 Å². The summed E-state index contributed by atoms with van der Waals surface area (Å²) in [5.41, 5.74) is 2.21. The highest BCUT2D eigenvalue weighted by atomic mass is 16.7. The summed E-state index contributed by atoms with van der Waals surface area (Å²) in [6, 6.07) is 6.66. The van der Waals surface area contributed by atoms with Gasteiger partial charge in [-0.1, -0.05) is 0 Å². The molecule has 1 atom stereocenters. The van der Waals surface area contributed by atoms with Crippen molar-refractivity contribution in [1.29, 1.82) is 0 Å². The number of benzene rings is 1. The molecule has 0 saturated carbocycles. The molecule has 2 aromatic rings. The summed E-state index contributed by atoms with van der Waals surface area (Å²) in [5, 5.41) is 2.68. The molecule has 1 unspecified atom stereocenters. The molecule has 1 N–H and O–H groups in total. The summed E-state index contributed by atoms with van der Waals surface area (Å²) >= 11 is 0. The lowest BCUT2D eigenvalue weighted by Crippen LogP contribution is -2.31. The first-order valence-corrected chi connectivity index (χ1v) is 9.54. The second-order valence-corrected chi connectivity index (χ2v) is 6.78. The number of hydrogen-bond acceptors (Lipinski definition) is 7.